The van der Waals surface area contributed by atoms with E-state index in [-0.39, 0.29) is 16.4 Å². The van der Waals surface area contributed by atoms with E-state index in [1.807, 2.05) is 19.1 Å². The molecule has 0 saturated heterocycles. The maximum Gasteiger partial charge on any atom is 0.261 e. The second-order valence-corrected chi connectivity index (χ2v) is 7.86. The number of anilines is 2. The van der Waals surface area contributed by atoms with E-state index in [0.29, 0.717) is 17.1 Å². The van der Waals surface area contributed by atoms with Gasteiger partial charge in [-0.15, -0.1) is 0 Å². The lowest BCUT2D eigenvalue weighted by Gasteiger charge is -2.10. The van der Waals surface area contributed by atoms with Crippen LogP contribution in [0.4, 0.5) is 11.4 Å². The molecule has 7 heteroatoms. The van der Waals surface area contributed by atoms with E-state index < -0.39 is 10.0 Å². The van der Waals surface area contributed by atoms with Gasteiger partial charge in [0.15, 0.2) is 0 Å². The number of ether oxygens (including phenoxy) is 1. The first kappa shape index (κ1) is 19.4. The maximum absolute atomic E-state index is 12.7. The number of carbonyl (C=O) groups is 1. The van der Waals surface area contributed by atoms with Crippen molar-refractivity contribution >= 4 is 27.3 Å². The lowest BCUT2D eigenvalue weighted by molar-refractivity contribution is 0.102. The molecule has 0 unspecified atom stereocenters. The first-order valence-electron chi connectivity index (χ1n) is 8.52. The van der Waals surface area contributed by atoms with Gasteiger partial charge in [-0.1, -0.05) is 23.8 Å². The first-order chi connectivity index (χ1) is 13.4. The topological polar surface area (TPSA) is 84.5 Å². The van der Waals surface area contributed by atoms with E-state index in [1.165, 1.54) is 25.3 Å². The van der Waals surface area contributed by atoms with Gasteiger partial charge in [-0.3, -0.25) is 9.52 Å². The van der Waals surface area contributed by atoms with Crippen LogP contribution in [-0.2, 0) is 10.0 Å². The number of benzene rings is 3. The molecule has 0 aliphatic rings. The number of sulfonamides is 1. The van der Waals surface area contributed by atoms with E-state index in [9.17, 15) is 13.2 Å². The summed E-state index contributed by atoms with van der Waals surface area (Å²) in [6.07, 6.45) is 0. The van der Waals surface area contributed by atoms with Gasteiger partial charge >= 0.3 is 0 Å². The van der Waals surface area contributed by atoms with Crippen LogP contribution in [0.15, 0.2) is 77.7 Å². The third kappa shape index (κ3) is 4.69. The Hall–Kier alpha value is -3.32. The Balaban J connectivity index is 1.78. The number of carbonyl (C=O) groups excluding carboxylic acids is 1. The average molecular weight is 396 g/mol. The highest BCUT2D eigenvalue weighted by atomic mass is 32.2. The molecule has 3 aromatic carbocycles. The summed E-state index contributed by atoms with van der Waals surface area (Å²) in [6.45, 7) is 1.95. The predicted octanol–water partition coefficient (Wildman–Crippen LogP) is 4.06. The second kappa shape index (κ2) is 8.14. The molecule has 0 radical (unpaired) electrons. The normalized spacial score (nSPS) is 10.9. The van der Waals surface area contributed by atoms with Gasteiger partial charge in [0, 0.05) is 16.9 Å². The largest absolute Gasteiger partial charge is 0.497 e. The average Bonchev–Trinajstić information content (AvgIpc) is 2.70. The quantitative estimate of drug-likeness (QED) is 0.658. The summed E-state index contributed by atoms with van der Waals surface area (Å²) in [5.41, 5.74) is 2.37. The Morgan fingerprint density at radius 3 is 2.18 bits per heavy atom. The van der Waals surface area contributed by atoms with Crippen molar-refractivity contribution in [3.8, 4) is 5.75 Å². The van der Waals surface area contributed by atoms with Gasteiger partial charge in [0.25, 0.3) is 15.9 Å². The first-order valence-corrected chi connectivity index (χ1v) is 10.0. The molecule has 2 N–H and O–H groups in total. The van der Waals surface area contributed by atoms with Crippen molar-refractivity contribution in [1.29, 1.82) is 0 Å². The van der Waals surface area contributed by atoms with Crippen LogP contribution in [0.2, 0.25) is 0 Å². The van der Waals surface area contributed by atoms with Gasteiger partial charge in [0.05, 0.1) is 12.0 Å². The molecular formula is C21H20N2O4S. The molecule has 0 fully saturated rings. The number of aryl methyl sites for hydroxylation is 1. The van der Waals surface area contributed by atoms with Crippen LogP contribution in [-0.4, -0.2) is 21.4 Å². The minimum absolute atomic E-state index is 0.000117. The Bertz CT molecular complexity index is 1080. The van der Waals surface area contributed by atoms with E-state index in [1.54, 1.807) is 42.5 Å². The van der Waals surface area contributed by atoms with Crippen molar-refractivity contribution in [2.75, 3.05) is 17.1 Å². The van der Waals surface area contributed by atoms with Crippen molar-refractivity contribution in [1.82, 2.24) is 0 Å². The fraction of sp³-hybridized carbons (Fsp3) is 0.0952. The third-order valence-electron chi connectivity index (χ3n) is 4.06. The number of hydrogen-bond donors (Lipinski definition) is 2. The molecule has 0 bridgehead atoms. The number of rotatable bonds is 6. The molecule has 0 aromatic heterocycles. The standard InChI is InChI=1S/C21H20N2O4S/c1-15-6-8-17(9-7-15)22-21(24)16-4-3-5-20(14-16)28(25,26)23-18-10-12-19(27-2)13-11-18/h3-14,23H,1-2H3,(H,22,24). The van der Waals surface area contributed by atoms with Gasteiger partial charge in [-0.2, -0.15) is 0 Å². The lowest BCUT2D eigenvalue weighted by atomic mass is 10.2. The summed E-state index contributed by atoms with van der Waals surface area (Å²) >= 11 is 0. The summed E-state index contributed by atoms with van der Waals surface area (Å²) in [6, 6.07) is 19.7. The van der Waals surface area contributed by atoms with E-state index in [4.69, 9.17) is 4.74 Å². The summed E-state index contributed by atoms with van der Waals surface area (Å²) in [4.78, 5) is 12.5. The predicted molar refractivity (Wildman–Crippen MR) is 109 cm³/mol. The van der Waals surface area contributed by atoms with Crippen molar-refractivity contribution in [2.45, 2.75) is 11.8 Å². The summed E-state index contributed by atoms with van der Waals surface area (Å²) in [5, 5.41) is 2.76. The van der Waals surface area contributed by atoms with Crippen molar-refractivity contribution in [3.63, 3.8) is 0 Å². The summed E-state index contributed by atoms with van der Waals surface area (Å²) in [7, 11) is -2.30. The number of methoxy groups -OCH3 is 1. The van der Waals surface area contributed by atoms with Crippen LogP contribution < -0.4 is 14.8 Å². The van der Waals surface area contributed by atoms with Crippen molar-refractivity contribution in [2.24, 2.45) is 0 Å². The molecule has 28 heavy (non-hydrogen) atoms. The van der Waals surface area contributed by atoms with Gasteiger partial charge in [0.2, 0.25) is 0 Å². The smallest absolute Gasteiger partial charge is 0.261 e. The van der Waals surface area contributed by atoms with Gasteiger partial charge in [0.1, 0.15) is 5.75 Å². The fourth-order valence-electron chi connectivity index (χ4n) is 2.52. The van der Waals surface area contributed by atoms with Gasteiger partial charge < -0.3 is 10.1 Å². The minimum Gasteiger partial charge on any atom is -0.497 e. The fourth-order valence-corrected chi connectivity index (χ4v) is 3.62. The van der Waals surface area contributed by atoms with Crippen molar-refractivity contribution < 1.29 is 17.9 Å². The molecule has 6 nitrogen and oxygen atoms in total. The van der Waals surface area contributed by atoms with Crippen LogP contribution in [0, 0.1) is 6.92 Å². The van der Waals surface area contributed by atoms with E-state index in [0.717, 1.165) is 5.56 Å². The molecule has 3 rings (SSSR count). The minimum atomic E-state index is -3.84. The number of hydrogen-bond acceptors (Lipinski definition) is 4. The lowest BCUT2D eigenvalue weighted by Crippen LogP contribution is -2.16. The number of amides is 1. The molecule has 1 amide bonds. The number of nitrogens with one attached hydrogen (secondary N) is 2. The Kier molecular flexibility index (Phi) is 5.65. The molecule has 0 saturated carbocycles. The maximum atomic E-state index is 12.7. The zero-order chi connectivity index (χ0) is 20.1. The Morgan fingerprint density at radius 2 is 1.54 bits per heavy atom. The third-order valence-corrected chi connectivity index (χ3v) is 5.44. The highest BCUT2D eigenvalue weighted by Gasteiger charge is 2.17. The van der Waals surface area contributed by atoms with Crippen LogP contribution >= 0.6 is 0 Å². The zero-order valence-electron chi connectivity index (χ0n) is 15.5. The highest BCUT2D eigenvalue weighted by Crippen LogP contribution is 2.20. The van der Waals surface area contributed by atoms with E-state index >= 15 is 0 Å². The monoisotopic (exact) mass is 396 g/mol. The zero-order valence-corrected chi connectivity index (χ0v) is 16.3. The van der Waals surface area contributed by atoms with Crippen LogP contribution in [0.5, 0.6) is 5.75 Å². The summed E-state index contributed by atoms with van der Waals surface area (Å²) in [5.74, 6) is 0.239. The van der Waals surface area contributed by atoms with Crippen LogP contribution in [0.25, 0.3) is 0 Å². The van der Waals surface area contributed by atoms with Crippen LogP contribution in [0.3, 0.4) is 0 Å². The molecule has 0 aliphatic heterocycles. The molecule has 144 valence electrons. The van der Waals surface area contributed by atoms with Gasteiger partial charge in [-0.25, -0.2) is 8.42 Å². The summed E-state index contributed by atoms with van der Waals surface area (Å²) < 4.78 is 32.9. The molecule has 0 spiro atoms. The second-order valence-electron chi connectivity index (χ2n) is 6.18. The molecule has 0 heterocycles. The molecule has 0 aliphatic carbocycles. The molecule has 3 aromatic rings. The van der Waals surface area contributed by atoms with Crippen molar-refractivity contribution in [3.05, 3.63) is 83.9 Å². The van der Waals surface area contributed by atoms with Crippen LogP contribution in [0.1, 0.15) is 15.9 Å². The van der Waals surface area contributed by atoms with E-state index in [2.05, 4.69) is 10.0 Å². The highest BCUT2D eigenvalue weighted by molar-refractivity contribution is 7.92. The van der Waals surface area contributed by atoms with Gasteiger partial charge in [-0.05, 0) is 61.5 Å². The SMILES string of the molecule is COc1ccc(NS(=O)(=O)c2cccc(C(=O)Nc3ccc(C)cc3)c2)cc1. The Morgan fingerprint density at radius 1 is 0.893 bits per heavy atom. The molecule has 0 atom stereocenters. The Labute approximate surface area is 164 Å². The molecular weight excluding hydrogens is 376 g/mol.